The Kier molecular flexibility index (Phi) is 4.62. The van der Waals surface area contributed by atoms with Crippen molar-refractivity contribution in [2.45, 2.75) is 18.8 Å². The predicted molar refractivity (Wildman–Crippen MR) is 86.8 cm³/mol. The highest BCUT2D eigenvalue weighted by Gasteiger charge is 2.18. The molecule has 1 aliphatic rings. The zero-order chi connectivity index (χ0) is 14.7. The smallest absolute Gasteiger partial charge is 0.259 e. The van der Waals surface area contributed by atoms with Gasteiger partial charge in [-0.05, 0) is 53.8 Å². The van der Waals surface area contributed by atoms with Gasteiger partial charge in [0.15, 0.2) is 5.13 Å². The van der Waals surface area contributed by atoms with E-state index in [0.29, 0.717) is 16.6 Å². The minimum atomic E-state index is -0.185. The minimum absolute atomic E-state index is 0.185. The number of hydrogen-bond acceptors (Lipinski definition) is 5. The Balaban J connectivity index is 1.68. The van der Waals surface area contributed by atoms with E-state index in [9.17, 15) is 4.79 Å². The number of piperidine rings is 1. The van der Waals surface area contributed by atoms with Crippen molar-refractivity contribution in [3.63, 3.8) is 0 Å². The molecule has 2 N–H and O–H groups in total. The number of carbonyl (C=O) groups is 1. The zero-order valence-electron chi connectivity index (χ0n) is 11.3. The maximum atomic E-state index is 12.1. The Bertz CT molecular complexity index is 639. The summed E-state index contributed by atoms with van der Waals surface area (Å²) in [6.45, 7) is 2.10. The molecule has 1 saturated heterocycles. The van der Waals surface area contributed by atoms with Crippen molar-refractivity contribution >= 4 is 38.3 Å². The Labute approximate surface area is 135 Å². The average molecular weight is 367 g/mol. The first-order valence-corrected chi connectivity index (χ1v) is 8.41. The van der Waals surface area contributed by atoms with E-state index in [1.165, 1.54) is 4.88 Å². The van der Waals surface area contributed by atoms with Gasteiger partial charge in [-0.3, -0.25) is 15.1 Å². The molecule has 0 radical (unpaired) electrons. The summed E-state index contributed by atoms with van der Waals surface area (Å²) in [5.74, 6) is 0.372. The van der Waals surface area contributed by atoms with Gasteiger partial charge < -0.3 is 5.32 Å². The monoisotopic (exact) mass is 366 g/mol. The van der Waals surface area contributed by atoms with Gasteiger partial charge in [0.25, 0.3) is 5.91 Å². The number of carbonyl (C=O) groups excluding carboxylic acids is 1. The van der Waals surface area contributed by atoms with Crippen molar-refractivity contribution in [1.29, 1.82) is 0 Å². The molecule has 3 rings (SSSR count). The Morgan fingerprint density at radius 3 is 2.90 bits per heavy atom. The second-order valence-electron chi connectivity index (χ2n) is 4.94. The van der Waals surface area contributed by atoms with E-state index in [2.05, 4.69) is 36.5 Å². The topological polar surface area (TPSA) is 66.9 Å². The third-order valence-corrected chi connectivity index (χ3v) is 4.96. The summed E-state index contributed by atoms with van der Waals surface area (Å²) in [5.41, 5.74) is 0.517. The summed E-state index contributed by atoms with van der Waals surface area (Å²) in [7, 11) is 0. The van der Waals surface area contributed by atoms with Crippen LogP contribution >= 0.6 is 27.3 Å². The van der Waals surface area contributed by atoms with Gasteiger partial charge >= 0.3 is 0 Å². The third-order valence-electron chi connectivity index (χ3n) is 3.45. The summed E-state index contributed by atoms with van der Waals surface area (Å²) in [4.78, 5) is 21.7. The fraction of sp³-hybridized carbons (Fsp3) is 0.357. The quantitative estimate of drug-likeness (QED) is 0.875. The van der Waals surface area contributed by atoms with E-state index in [4.69, 9.17) is 0 Å². The highest BCUT2D eigenvalue weighted by atomic mass is 79.9. The maximum absolute atomic E-state index is 12.1. The van der Waals surface area contributed by atoms with Crippen LogP contribution < -0.4 is 10.6 Å². The molecule has 0 saturated carbocycles. The van der Waals surface area contributed by atoms with Gasteiger partial charge in [0, 0.05) is 27.9 Å². The van der Waals surface area contributed by atoms with Gasteiger partial charge in [-0.15, -0.1) is 11.3 Å². The summed E-state index contributed by atoms with van der Waals surface area (Å²) in [6, 6.07) is 1.74. The molecule has 1 fully saturated rings. The van der Waals surface area contributed by atoms with Gasteiger partial charge in [-0.2, -0.15) is 0 Å². The highest BCUT2D eigenvalue weighted by molar-refractivity contribution is 9.10. The van der Waals surface area contributed by atoms with Crippen molar-refractivity contribution in [2.75, 3.05) is 18.4 Å². The zero-order valence-corrected chi connectivity index (χ0v) is 13.7. The molecule has 2 aromatic heterocycles. The molecule has 5 nitrogen and oxygen atoms in total. The van der Waals surface area contributed by atoms with Crippen LogP contribution in [0.2, 0.25) is 0 Å². The SMILES string of the molecule is O=C(Nc1ncc(C2CCNCC2)s1)c1cncc(Br)c1. The Morgan fingerprint density at radius 2 is 2.14 bits per heavy atom. The highest BCUT2D eigenvalue weighted by Crippen LogP contribution is 2.31. The molecule has 0 aromatic carbocycles. The molecule has 21 heavy (non-hydrogen) atoms. The van der Waals surface area contributed by atoms with Crippen molar-refractivity contribution in [2.24, 2.45) is 0 Å². The fourth-order valence-corrected chi connectivity index (χ4v) is 3.69. The van der Waals surface area contributed by atoms with Crippen molar-refractivity contribution in [3.8, 4) is 0 Å². The number of anilines is 1. The summed E-state index contributed by atoms with van der Waals surface area (Å²) in [5, 5.41) is 6.84. The number of nitrogens with zero attached hydrogens (tertiary/aromatic N) is 2. The van der Waals surface area contributed by atoms with Gasteiger partial charge in [-0.1, -0.05) is 0 Å². The van der Waals surface area contributed by atoms with E-state index in [1.807, 2.05) is 6.20 Å². The molecule has 0 bridgehead atoms. The first-order valence-electron chi connectivity index (χ1n) is 6.81. The predicted octanol–water partition coefficient (Wildman–Crippen LogP) is 3.02. The van der Waals surface area contributed by atoms with Gasteiger partial charge in [0.1, 0.15) is 0 Å². The first kappa shape index (κ1) is 14.6. The molecule has 3 heterocycles. The molecule has 0 aliphatic carbocycles. The number of halogens is 1. The Morgan fingerprint density at radius 1 is 1.33 bits per heavy atom. The Hall–Kier alpha value is -1.31. The molecular weight excluding hydrogens is 352 g/mol. The lowest BCUT2D eigenvalue weighted by Crippen LogP contribution is -2.26. The molecule has 2 aromatic rings. The van der Waals surface area contributed by atoms with E-state index in [0.717, 1.165) is 30.4 Å². The normalized spacial score (nSPS) is 15.9. The second-order valence-corrected chi connectivity index (χ2v) is 6.92. The number of pyridine rings is 1. The first-order chi connectivity index (χ1) is 10.2. The average Bonchev–Trinajstić information content (AvgIpc) is 2.97. The van der Waals surface area contributed by atoms with Crippen LogP contribution in [-0.4, -0.2) is 29.0 Å². The summed E-state index contributed by atoms with van der Waals surface area (Å²) >= 11 is 4.87. The van der Waals surface area contributed by atoms with Crippen molar-refractivity contribution in [1.82, 2.24) is 15.3 Å². The summed E-state index contributed by atoms with van der Waals surface area (Å²) in [6.07, 6.45) is 7.34. The van der Waals surface area contributed by atoms with Gasteiger partial charge in [0.2, 0.25) is 0 Å². The lowest BCUT2D eigenvalue weighted by Gasteiger charge is -2.20. The van der Waals surface area contributed by atoms with E-state index in [-0.39, 0.29) is 5.91 Å². The van der Waals surface area contributed by atoms with Gasteiger partial charge in [0.05, 0.1) is 5.56 Å². The van der Waals surface area contributed by atoms with Crippen LogP contribution in [0.4, 0.5) is 5.13 Å². The van der Waals surface area contributed by atoms with E-state index < -0.39 is 0 Å². The standard InChI is InChI=1S/C14H15BrN4OS/c15-11-5-10(6-17-7-11)13(20)19-14-18-8-12(21-14)9-1-3-16-4-2-9/h5-9,16H,1-4H2,(H,18,19,20). The van der Waals surface area contributed by atoms with Crippen molar-refractivity contribution in [3.05, 3.63) is 39.6 Å². The van der Waals surface area contributed by atoms with E-state index in [1.54, 1.807) is 29.8 Å². The summed E-state index contributed by atoms with van der Waals surface area (Å²) < 4.78 is 0.782. The number of hydrogen-bond donors (Lipinski definition) is 2. The fourth-order valence-electron chi connectivity index (χ4n) is 2.34. The van der Waals surface area contributed by atoms with Crippen LogP contribution in [0.3, 0.4) is 0 Å². The van der Waals surface area contributed by atoms with Crippen LogP contribution in [0.1, 0.15) is 34.0 Å². The van der Waals surface area contributed by atoms with E-state index >= 15 is 0 Å². The number of nitrogens with one attached hydrogen (secondary N) is 2. The van der Waals surface area contributed by atoms with Gasteiger partial charge in [-0.25, -0.2) is 4.98 Å². The molecule has 110 valence electrons. The van der Waals surface area contributed by atoms with Crippen LogP contribution in [-0.2, 0) is 0 Å². The number of amides is 1. The largest absolute Gasteiger partial charge is 0.317 e. The number of rotatable bonds is 3. The maximum Gasteiger partial charge on any atom is 0.259 e. The van der Waals surface area contributed by atoms with Crippen LogP contribution in [0, 0.1) is 0 Å². The second kappa shape index (κ2) is 6.64. The molecule has 0 unspecified atom stereocenters. The number of aromatic nitrogens is 2. The minimum Gasteiger partial charge on any atom is -0.317 e. The molecule has 0 spiro atoms. The molecule has 1 aliphatic heterocycles. The molecule has 1 amide bonds. The van der Waals surface area contributed by atoms with Crippen molar-refractivity contribution < 1.29 is 4.79 Å². The lowest BCUT2D eigenvalue weighted by atomic mass is 9.97. The molecule has 0 atom stereocenters. The lowest BCUT2D eigenvalue weighted by molar-refractivity contribution is 0.102. The third kappa shape index (κ3) is 3.66. The van der Waals surface area contributed by atoms with Crippen LogP contribution in [0.15, 0.2) is 29.1 Å². The molecular formula is C14H15BrN4OS. The van der Waals surface area contributed by atoms with Crippen LogP contribution in [0.5, 0.6) is 0 Å². The molecule has 7 heteroatoms. The number of thiazole rings is 1. The van der Waals surface area contributed by atoms with Crippen LogP contribution in [0.25, 0.3) is 0 Å².